The Hall–Kier alpha value is -2.18. The van der Waals surface area contributed by atoms with Gasteiger partial charge in [0.05, 0.1) is 16.9 Å². The third-order valence-electron chi connectivity index (χ3n) is 4.49. The van der Waals surface area contributed by atoms with E-state index in [1.54, 1.807) is 24.3 Å². The topological polar surface area (TPSA) is 75.3 Å². The zero-order valence-electron chi connectivity index (χ0n) is 13.6. The lowest BCUT2D eigenvalue weighted by Gasteiger charge is -2.30. The molecule has 0 aliphatic heterocycles. The molecule has 1 aliphatic rings. The molecule has 0 unspecified atom stereocenters. The summed E-state index contributed by atoms with van der Waals surface area (Å²) in [6.07, 6.45) is 0.772. The third-order valence-corrected chi connectivity index (χ3v) is 5.92. The quantitative estimate of drug-likeness (QED) is 0.872. The standard InChI is InChI=1S/C18H20N2O3S/c1-12(13-7-9-15(10-8-13)24(22,23)19-2)20-18(21)17-11-14-5-3-4-6-16(14)17/h3-10,12,17,19H,11H2,1-2H3,(H,20,21)/t12-,17-/m0/s1. The van der Waals surface area contributed by atoms with Gasteiger partial charge in [0, 0.05) is 0 Å². The van der Waals surface area contributed by atoms with Gasteiger partial charge < -0.3 is 5.32 Å². The van der Waals surface area contributed by atoms with Crippen LogP contribution in [0.4, 0.5) is 0 Å². The van der Waals surface area contributed by atoms with E-state index in [-0.39, 0.29) is 22.8 Å². The molecule has 0 radical (unpaired) electrons. The molecule has 0 aromatic heterocycles. The van der Waals surface area contributed by atoms with Gasteiger partial charge in [0.15, 0.2) is 0 Å². The Bertz CT molecular complexity index is 860. The van der Waals surface area contributed by atoms with Gasteiger partial charge in [-0.05, 0) is 49.2 Å². The van der Waals surface area contributed by atoms with E-state index in [9.17, 15) is 13.2 Å². The molecule has 6 heteroatoms. The number of nitrogens with one attached hydrogen (secondary N) is 2. The Morgan fingerprint density at radius 3 is 2.42 bits per heavy atom. The number of rotatable bonds is 5. The summed E-state index contributed by atoms with van der Waals surface area (Å²) in [6.45, 7) is 1.89. The van der Waals surface area contributed by atoms with Crippen molar-refractivity contribution in [2.45, 2.75) is 30.2 Å². The Labute approximate surface area is 142 Å². The minimum atomic E-state index is -3.44. The lowest BCUT2D eigenvalue weighted by molar-refractivity contribution is -0.123. The summed E-state index contributed by atoms with van der Waals surface area (Å²) in [5.41, 5.74) is 3.19. The zero-order chi connectivity index (χ0) is 17.3. The molecule has 0 heterocycles. The summed E-state index contributed by atoms with van der Waals surface area (Å²) in [5, 5.41) is 3.01. The van der Waals surface area contributed by atoms with Crippen LogP contribution in [0.1, 0.15) is 35.6 Å². The molecular formula is C18H20N2O3S. The van der Waals surface area contributed by atoms with Crippen LogP contribution in [-0.2, 0) is 21.2 Å². The Balaban J connectivity index is 1.67. The molecule has 2 aromatic carbocycles. The van der Waals surface area contributed by atoms with E-state index in [1.165, 1.54) is 12.6 Å². The molecule has 5 nitrogen and oxygen atoms in total. The van der Waals surface area contributed by atoms with E-state index in [2.05, 4.69) is 10.0 Å². The van der Waals surface area contributed by atoms with Crippen molar-refractivity contribution < 1.29 is 13.2 Å². The van der Waals surface area contributed by atoms with Crippen molar-refractivity contribution in [1.82, 2.24) is 10.0 Å². The summed E-state index contributed by atoms with van der Waals surface area (Å²) in [5.74, 6) is -0.0827. The molecule has 3 rings (SSSR count). The molecule has 1 amide bonds. The molecule has 2 aromatic rings. The second kappa shape index (κ2) is 6.37. The first-order chi connectivity index (χ1) is 11.4. The third kappa shape index (κ3) is 3.07. The van der Waals surface area contributed by atoms with E-state index in [1.807, 2.05) is 31.2 Å². The molecule has 24 heavy (non-hydrogen) atoms. The van der Waals surface area contributed by atoms with Gasteiger partial charge in [-0.2, -0.15) is 0 Å². The van der Waals surface area contributed by atoms with Crippen LogP contribution >= 0.6 is 0 Å². The first kappa shape index (κ1) is 16.7. The number of hydrogen-bond donors (Lipinski definition) is 2. The van der Waals surface area contributed by atoms with E-state index < -0.39 is 10.0 Å². The van der Waals surface area contributed by atoms with E-state index in [4.69, 9.17) is 0 Å². The van der Waals surface area contributed by atoms with Crippen LogP contribution in [0.15, 0.2) is 53.4 Å². The largest absolute Gasteiger partial charge is 0.349 e. The maximum Gasteiger partial charge on any atom is 0.240 e. The minimum Gasteiger partial charge on any atom is -0.349 e. The van der Waals surface area contributed by atoms with Crippen molar-refractivity contribution in [3.63, 3.8) is 0 Å². The van der Waals surface area contributed by atoms with Gasteiger partial charge >= 0.3 is 0 Å². The minimum absolute atomic E-state index is 0.00752. The Kier molecular flexibility index (Phi) is 4.43. The van der Waals surface area contributed by atoms with E-state index in [0.717, 1.165) is 17.5 Å². The highest BCUT2D eigenvalue weighted by Crippen LogP contribution is 2.35. The number of carbonyl (C=O) groups is 1. The predicted molar refractivity (Wildman–Crippen MR) is 92.1 cm³/mol. The van der Waals surface area contributed by atoms with Crippen molar-refractivity contribution in [3.05, 3.63) is 65.2 Å². The SMILES string of the molecule is CNS(=O)(=O)c1ccc([C@H](C)NC(=O)[C@H]2Cc3ccccc32)cc1. The molecule has 2 atom stereocenters. The first-order valence-corrected chi connectivity index (χ1v) is 9.32. The van der Waals surface area contributed by atoms with Crippen LogP contribution in [0.5, 0.6) is 0 Å². The Morgan fingerprint density at radius 1 is 1.12 bits per heavy atom. The second-order valence-corrected chi connectivity index (χ2v) is 7.85. The van der Waals surface area contributed by atoms with Crippen LogP contribution in [0.25, 0.3) is 0 Å². The van der Waals surface area contributed by atoms with Gasteiger partial charge in [-0.15, -0.1) is 0 Å². The fourth-order valence-corrected chi connectivity index (χ4v) is 3.67. The molecule has 0 saturated heterocycles. The van der Waals surface area contributed by atoms with Crippen LogP contribution in [0.3, 0.4) is 0 Å². The van der Waals surface area contributed by atoms with Gasteiger partial charge in [-0.1, -0.05) is 36.4 Å². The number of carbonyl (C=O) groups excluding carboxylic acids is 1. The molecule has 0 spiro atoms. The van der Waals surface area contributed by atoms with Gasteiger partial charge in [-0.3, -0.25) is 4.79 Å². The Morgan fingerprint density at radius 2 is 1.79 bits per heavy atom. The summed E-state index contributed by atoms with van der Waals surface area (Å²) >= 11 is 0. The highest BCUT2D eigenvalue weighted by atomic mass is 32.2. The lowest BCUT2D eigenvalue weighted by atomic mass is 9.77. The predicted octanol–water partition coefficient (Wildman–Crippen LogP) is 2.11. The van der Waals surface area contributed by atoms with Crippen LogP contribution in [0, 0.1) is 0 Å². The average molecular weight is 344 g/mol. The number of fused-ring (bicyclic) bond motifs is 1. The lowest BCUT2D eigenvalue weighted by Crippen LogP contribution is -2.36. The number of hydrogen-bond acceptors (Lipinski definition) is 3. The highest BCUT2D eigenvalue weighted by Gasteiger charge is 2.32. The number of benzene rings is 2. The summed E-state index contributed by atoms with van der Waals surface area (Å²) < 4.78 is 25.7. The molecular weight excluding hydrogens is 324 g/mol. The van der Waals surface area contributed by atoms with Gasteiger partial charge in [-0.25, -0.2) is 13.1 Å². The molecule has 126 valence electrons. The van der Waals surface area contributed by atoms with Crippen LogP contribution in [0.2, 0.25) is 0 Å². The second-order valence-electron chi connectivity index (χ2n) is 5.96. The van der Waals surface area contributed by atoms with Gasteiger partial charge in [0.25, 0.3) is 0 Å². The van der Waals surface area contributed by atoms with E-state index in [0.29, 0.717) is 0 Å². The van der Waals surface area contributed by atoms with Crippen LogP contribution in [-0.4, -0.2) is 21.4 Å². The summed E-state index contributed by atoms with van der Waals surface area (Å²) in [7, 11) is -2.07. The maximum atomic E-state index is 12.4. The molecule has 2 N–H and O–H groups in total. The van der Waals surface area contributed by atoms with E-state index >= 15 is 0 Å². The van der Waals surface area contributed by atoms with Crippen molar-refractivity contribution >= 4 is 15.9 Å². The number of amides is 1. The smallest absolute Gasteiger partial charge is 0.240 e. The summed E-state index contributed by atoms with van der Waals surface area (Å²) in [6, 6.07) is 14.3. The summed E-state index contributed by atoms with van der Waals surface area (Å²) in [4.78, 5) is 12.6. The maximum absolute atomic E-state index is 12.4. The van der Waals surface area contributed by atoms with Gasteiger partial charge in [0.1, 0.15) is 0 Å². The molecule has 1 aliphatic carbocycles. The first-order valence-electron chi connectivity index (χ1n) is 7.84. The van der Waals surface area contributed by atoms with Crippen LogP contribution < -0.4 is 10.0 Å². The zero-order valence-corrected chi connectivity index (χ0v) is 14.4. The molecule has 0 bridgehead atoms. The molecule has 0 fully saturated rings. The van der Waals surface area contributed by atoms with Crippen molar-refractivity contribution in [3.8, 4) is 0 Å². The fourth-order valence-electron chi connectivity index (χ4n) is 2.94. The monoisotopic (exact) mass is 344 g/mol. The van der Waals surface area contributed by atoms with Gasteiger partial charge in [0.2, 0.25) is 15.9 Å². The van der Waals surface area contributed by atoms with Crippen molar-refractivity contribution in [2.24, 2.45) is 0 Å². The number of sulfonamides is 1. The van der Waals surface area contributed by atoms with Crippen molar-refractivity contribution in [2.75, 3.05) is 7.05 Å². The average Bonchev–Trinajstić information content (AvgIpc) is 2.56. The normalized spacial score (nSPS) is 17.5. The molecule has 0 saturated carbocycles. The fraction of sp³-hybridized carbons (Fsp3) is 0.278. The highest BCUT2D eigenvalue weighted by molar-refractivity contribution is 7.89. The van der Waals surface area contributed by atoms with Crippen molar-refractivity contribution in [1.29, 1.82) is 0 Å².